The molecule has 0 saturated heterocycles. The van der Waals surface area contributed by atoms with E-state index >= 15 is 0 Å². The highest BCUT2D eigenvalue weighted by Crippen LogP contribution is 2.01. The number of nitrogens with zero attached hydrogens (tertiary/aromatic N) is 4. The molecule has 80 valence electrons. The smallest absolute Gasteiger partial charge is 0.242 e. The van der Waals surface area contributed by atoms with Gasteiger partial charge in [0.1, 0.15) is 0 Å². The van der Waals surface area contributed by atoms with Crippen LogP contribution in [0.4, 0.5) is 5.95 Å². The summed E-state index contributed by atoms with van der Waals surface area (Å²) in [5.41, 5.74) is 0. The SMILES string of the molecule is CC(CCNc1nnnn1C)S(C)=O. The van der Waals surface area contributed by atoms with Crippen molar-refractivity contribution in [2.45, 2.75) is 18.6 Å². The van der Waals surface area contributed by atoms with Crippen LogP contribution in [-0.2, 0) is 17.8 Å². The van der Waals surface area contributed by atoms with E-state index in [-0.39, 0.29) is 5.25 Å². The summed E-state index contributed by atoms with van der Waals surface area (Å²) in [6.45, 7) is 2.70. The molecule has 14 heavy (non-hydrogen) atoms. The summed E-state index contributed by atoms with van der Waals surface area (Å²) in [7, 11) is 1.01. The van der Waals surface area contributed by atoms with Gasteiger partial charge in [0.15, 0.2) is 0 Å². The van der Waals surface area contributed by atoms with Crippen LogP contribution in [0.3, 0.4) is 0 Å². The largest absolute Gasteiger partial charge is 0.353 e. The molecule has 1 aromatic heterocycles. The fourth-order valence-corrected chi connectivity index (χ4v) is 1.38. The number of tetrazole rings is 1. The van der Waals surface area contributed by atoms with Crippen molar-refractivity contribution < 1.29 is 4.21 Å². The van der Waals surface area contributed by atoms with Crippen molar-refractivity contribution in [3.8, 4) is 0 Å². The first-order valence-corrected chi connectivity index (χ1v) is 6.02. The molecule has 1 aromatic rings. The quantitative estimate of drug-likeness (QED) is 0.738. The molecule has 6 nitrogen and oxygen atoms in total. The summed E-state index contributed by atoms with van der Waals surface area (Å²) in [6.07, 6.45) is 2.56. The Balaban J connectivity index is 2.29. The number of nitrogens with one attached hydrogen (secondary N) is 1. The molecule has 0 aliphatic carbocycles. The molecule has 0 saturated carbocycles. The van der Waals surface area contributed by atoms with Gasteiger partial charge in [-0.2, -0.15) is 0 Å². The Morgan fingerprint density at radius 3 is 2.86 bits per heavy atom. The molecule has 1 heterocycles. The van der Waals surface area contributed by atoms with Crippen molar-refractivity contribution in [3.63, 3.8) is 0 Å². The van der Waals surface area contributed by atoms with Gasteiger partial charge >= 0.3 is 0 Å². The van der Waals surface area contributed by atoms with Gasteiger partial charge in [-0.3, -0.25) is 4.21 Å². The third kappa shape index (κ3) is 3.06. The van der Waals surface area contributed by atoms with Gasteiger partial charge in [0, 0.05) is 35.9 Å². The first kappa shape index (κ1) is 11.1. The minimum Gasteiger partial charge on any atom is -0.353 e. The first-order chi connectivity index (χ1) is 6.61. The average molecular weight is 217 g/mol. The summed E-state index contributed by atoms with van der Waals surface area (Å²) >= 11 is 0. The number of aryl methyl sites for hydroxylation is 1. The van der Waals surface area contributed by atoms with E-state index in [1.165, 1.54) is 0 Å². The molecule has 0 fully saturated rings. The molecule has 0 radical (unpaired) electrons. The Labute approximate surface area is 85.5 Å². The Kier molecular flexibility index (Phi) is 3.99. The number of rotatable bonds is 5. The van der Waals surface area contributed by atoms with Crippen molar-refractivity contribution >= 4 is 16.7 Å². The van der Waals surface area contributed by atoms with E-state index < -0.39 is 10.8 Å². The van der Waals surface area contributed by atoms with E-state index in [9.17, 15) is 4.21 Å². The van der Waals surface area contributed by atoms with Gasteiger partial charge in [-0.15, -0.1) is 0 Å². The Bertz CT molecular complexity index is 313. The van der Waals surface area contributed by atoms with E-state index in [1.807, 2.05) is 6.92 Å². The first-order valence-electron chi connectivity index (χ1n) is 4.39. The van der Waals surface area contributed by atoms with Gasteiger partial charge < -0.3 is 5.32 Å². The van der Waals surface area contributed by atoms with Crippen LogP contribution >= 0.6 is 0 Å². The standard InChI is InChI=1S/C7H15N5OS/c1-6(14(3)13)4-5-8-7-9-10-11-12(7)2/h6H,4-5H2,1-3H3,(H,8,9,11). The Hall–Kier alpha value is -0.980. The van der Waals surface area contributed by atoms with E-state index in [1.54, 1.807) is 18.0 Å². The fourth-order valence-electron chi connectivity index (χ4n) is 0.932. The third-order valence-electron chi connectivity index (χ3n) is 2.02. The minimum atomic E-state index is -0.762. The second kappa shape index (κ2) is 5.04. The predicted octanol–water partition coefficient (Wildman–Crippen LogP) is -0.221. The van der Waals surface area contributed by atoms with E-state index in [0.29, 0.717) is 5.95 Å². The second-order valence-electron chi connectivity index (χ2n) is 3.15. The number of hydrogen-bond donors (Lipinski definition) is 1. The molecule has 0 aliphatic rings. The number of hydrogen-bond acceptors (Lipinski definition) is 5. The molecular weight excluding hydrogens is 202 g/mol. The van der Waals surface area contributed by atoms with Crippen LogP contribution in [0.1, 0.15) is 13.3 Å². The van der Waals surface area contributed by atoms with Crippen LogP contribution in [0.15, 0.2) is 0 Å². The summed E-state index contributed by atoms with van der Waals surface area (Å²) in [6, 6.07) is 0. The van der Waals surface area contributed by atoms with Crippen molar-refractivity contribution in [2.24, 2.45) is 7.05 Å². The molecule has 2 unspecified atom stereocenters. The molecule has 0 aromatic carbocycles. The van der Waals surface area contributed by atoms with E-state index in [4.69, 9.17) is 0 Å². The molecule has 0 amide bonds. The van der Waals surface area contributed by atoms with Crippen LogP contribution in [0.25, 0.3) is 0 Å². The molecule has 0 bridgehead atoms. The molecule has 0 spiro atoms. The molecule has 2 atom stereocenters. The topological polar surface area (TPSA) is 72.7 Å². The monoisotopic (exact) mass is 217 g/mol. The highest BCUT2D eigenvalue weighted by molar-refractivity contribution is 7.84. The summed E-state index contributed by atoms with van der Waals surface area (Å²) in [5, 5.41) is 14.2. The lowest BCUT2D eigenvalue weighted by molar-refractivity contribution is 0.671. The fraction of sp³-hybridized carbons (Fsp3) is 0.857. The average Bonchev–Trinajstić information content (AvgIpc) is 2.51. The summed E-state index contributed by atoms with van der Waals surface area (Å²) in [4.78, 5) is 0. The van der Waals surface area contributed by atoms with Crippen LogP contribution in [0, 0.1) is 0 Å². The zero-order valence-corrected chi connectivity index (χ0v) is 9.41. The van der Waals surface area contributed by atoms with Gasteiger partial charge in [-0.25, -0.2) is 4.68 Å². The molecule has 7 heteroatoms. The maximum atomic E-state index is 11.0. The molecular formula is C7H15N5OS. The van der Waals surface area contributed by atoms with Crippen LogP contribution in [-0.4, -0.2) is 42.5 Å². The maximum absolute atomic E-state index is 11.0. The van der Waals surface area contributed by atoms with Gasteiger partial charge in [0.05, 0.1) is 0 Å². The number of aromatic nitrogens is 4. The van der Waals surface area contributed by atoms with Gasteiger partial charge in [-0.1, -0.05) is 12.0 Å². The van der Waals surface area contributed by atoms with E-state index in [2.05, 4.69) is 20.8 Å². The van der Waals surface area contributed by atoms with Gasteiger partial charge in [-0.05, 0) is 16.8 Å². The molecule has 0 aliphatic heterocycles. The van der Waals surface area contributed by atoms with Crippen molar-refractivity contribution in [2.75, 3.05) is 18.1 Å². The van der Waals surface area contributed by atoms with Crippen LogP contribution in [0.2, 0.25) is 0 Å². The molecule has 1 N–H and O–H groups in total. The highest BCUT2D eigenvalue weighted by Gasteiger charge is 2.06. The lowest BCUT2D eigenvalue weighted by atomic mass is 10.3. The second-order valence-corrected chi connectivity index (χ2v) is 4.95. The number of anilines is 1. The van der Waals surface area contributed by atoms with Crippen molar-refractivity contribution in [1.29, 1.82) is 0 Å². The van der Waals surface area contributed by atoms with Crippen LogP contribution < -0.4 is 5.32 Å². The van der Waals surface area contributed by atoms with Gasteiger partial charge in [0.25, 0.3) is 0 Å². The lowest BCUT2D eigenvalue weighted by Gasteiger charge is -2.08. The zero-order chi connectivity index (χ0) is 10.6. The third-order valence-corrected chi connectivity index (χ3v) is 3.39. The van der Waals surface area contributed by atoms with Gasteiger partial charge in [0.2, 0.25) is 5.95 Å². The summed E-state index contributed by atoms with van der Waals surface area (Å²) < 4.78 is 12.6. The highest BCUT2D eigenvalue weighted by atomic mass is 32.2. The predicted molar refractivity (Wildman–Crippen MR) is 55.4 cm³/mol. The minimum absolute atomic E-state index is 0.198. The van der Waals surface area contributed by atoms with Crippen molar-refractivity contribution in [3.05, 3.63) is 0 Å². The summed E-state index contributed by atoms with van der Waals surface area (Å²) in [5.74, 6) is 0.638. The Morgan fingerprint density at radius 2 is 2.36 bits per heavy atom. The zero-order valence-electron chi connectivity index (χ0n) is 8.60. The Morgan fingerprint density at radius 1 is 1.64 bits per heavy atom. The maximum Gasteiger partial charge on any atom is 0.242 e. The molecule has 1 rings (SSSR count). The normalized spacial score (nSPS) is 15.1. The lowest BCUT2D eigenvalue weighted by Crippen LogP contribution is -2.16. The van der Waals surface area contributed by atoms with Crippen LogP contribution in [0.5, 0.6) is 0 Å². The van der Waals surface area contributed by atoms with Crippen molar-refractivity contribution in [1.82, 2.24) is 20.2 Å². The van der Waals surface area contributed by atoms with E-state index in [0.717, 1.165) is 13.0 Å².